The molecule has 0 N–H and O–H groups in total. The third kappa shape index (κ3) is 4.15. The Morgan fingerprint density at radius 3 is 1.65 bits per heavy atom. The fourth-order valence-corrected chi connectivity index (χ4v) is 6.85. The van der Waals surface area contributed by atoms with Crippen molar-refractivity contribution in [2.24, 2.45) is 0 Å². The fourth-order valence-electron chi connectivity index (χ4n) is 6.85. The molecule has 0 bridgehead atoms. The van der Waals surface area contributed by atoms with Crippen LogP contribution in [0.3, 0.4) is 0 Å². The van der Waals surface area contributed by atoms with E-state index in [4.69, 9.17) is 23.8 Å². The highest BCUT2D eigenvalue weighted by molar-refractivity contribution is 6.18. The van der Waals surface area contributed by atoms with Crippen molar-refractivity contribution in [3.63, 3.8) is 0 Å². The van der Waals surface area contributed by atoms with Crippen LogP contribution in [0.5, 0.6) is 0 Å². The zero-order chi connectivity index (χ0) is 31.6. The molecule has 0 fully saturated rings. The second-order valence-electron chi connectivity index (χ2n) is 12.0. The molecule has 0 saturated carbocycles. The van der Waals surface area contributed by atoms with E-state index in [0.29, 0.717) is 17.5 Å². The first-order valence-corrected chi connectivity index (χ1v) is 15.9. The molecule has 7 aromatic carbocycles. The zero-order valence-corrected chi connectivity index (χ0v) is 25.6. The van der Waals surface area contributed by atoms with Crippen LogP contribution in [0.25, 0.3) is 99.9 Å². The van der Waals surface area contributed by atoms with Crippen molar-refractivity contribution in [2.45, 2.75) is 0 Å². The molecule has 0 aliphatic heterocycles. The summed E-state index contributed by atoms with van der Waals surface area (Å²) >= 11 is 0. The highest BCUT2D eigenvalue weighted by atomic mass is 16.3. The van der Waals surface area contributed by atoms with Crippen LogP contribution in [0.2, 0.25) is 0 Å². The van der Waals surface area contributed by atoms with E-state index in [1.165, 1.54) is 0 Å². The molecule has 224 valence electrons. The molecule has 5 heteroatoms. The van der Waals surface area contributed by atoms with Gasteiger partial charge in [0, 0.05) is 49.2 Å². The van der Waals surface area contributed by atoms with Crippen LogP contribution in [0.15, 0.2) is 160 Å². The van der Waals surface area contributed by atoms with Gasteiger partial charge in [0.05, 0.1) is 0 Å². The van der Waals surface area contributed by atoms with Crippen molar-refractivity contribution in [2.75, 3.05) is 0 Å². The number of benzene rings is 7. The molecule has 48 heavy (non-hydrogen) atoms. The average Bonchev–Trinajstić information content (AvgIpc) is 3.74. The quantitative estimate of drug-likeness (QED) is 0.197. The van der Waals surface area contributed by atoms with Crippen molar-refractivity contribution in [1.82, 2.24) is 15.0 Å². The fraction of sp³-hybridized carbons (Fsp3) is 0. The summed E-state index contributed by atoms with van der Waals surface area (Å²) in [6, 6.07) is 51.5. The summed E-state index contributed by atoms with van der Waals surface area (Å²) in [5.74, 6) is 1.84. The van der Waals surface area contributed by atoms with Gasteiger partial charge in [0.2, 0.25) is 0 Å². The molecule has 5 nitrogen and oxygen atoms in total. The maximum Gasteiger partial charge on any atom is 0.164 e. The van der Waals surface area contributed by atoms with E-state index in [2.05, 4.69) is 60.7 Å². The van der Waals surface area contributed by atoms with Gasteiger partial charge in [-0.3, -0.25) is 0 Å². The molecule has 0 aliphatic rings. The third-order valence-corrected chi connectivity index (χ3v) is 9.14. The van der Waals surface area contributed by atoms with E-state index in [9.17, 15) is 0 Å². The van der Waals surface area contributed by atoms with Gasteiger partial charge >= 0.3 is 0 Å². The number of rotatable bonds is 4. The number of nitrogens with zero attached hydrogens (tertiary/aromatic N) is 3. The van der Waals surface area contributed by atoms with Crippen LogP contribution in [0, 0.1) is 0 Å². The van der Waals surface area contributed by atoms with Gasteiger partial charge in [-0.05, 0) is 53.4 Å². The molecule has 0 saturated heterocycles. The van der Waals surface area contributed by atoms with Crippen molar-refractivity contribution in [3.05, 3.63) is 152 Å². The van der Waals surface area contributed by atoms with Crippen molar-refractivity contribution >= 4 is 54.6 Å². The van der Waals surface area contributed by atoms with Crippen LogP contribution in [-0.2, 0) is 0 Å². The van der Waals surface area contributed by atoms with Gasteiger partial charge in [-0.15, -0.1) is 0 Å². The number of para-hydroxylation sites is 2. The molecule has 10 rings (SSSR count). The lowest BCUT2D eigenvalue weighted by molar-refractivity contribution is 0.670. The van der Waals surface area contributed by atoms with E-state index in [1.54, 1.807) is 0 Å². The molecule has 0 aliphatic carbocycles. The predicted octanol–water partition coefficient (Wildman–Crippen LogP) is 11.5. The Morgan fingerprint density at radius 2 is 0.917 bits per heavy atom. The first-order chi connectivity index (χ1) is 23.8. The number of furan rings is 2. The summed E-state index contributed by atoms with van der Waals surface area (Å²) < 4.78 is 13.0. The summed E-state index contributed by atoms with van der Waals surface area (Å²) in [5.41, 5.74) is 8.20. The molecule has 3 heterocycles. The van der Waals surface area contributed by atoms with Crippen molar-refractivity contribution in [1.29, 1.82) is 0 Å². The lowest BCUT2D eigenvalue weighted by Gasteiger charge is -2.11. The van der Waals surface area contributed by atoms with E-state index in [0.717, 1.165) is 82.5 Å². The molecule has 0 amide bonds. The molecule has 0 spiro atoms. The highest BCUT2D eigenvalue weighted by Gasteiger charge is 2.21. The van der Waals surface area contributed by atoms with Gasteiger partial charge in [-0.2, -0.15) is 0 Å². The first kappa shape index (κ1) is 26.6. The molecule has 0 unspecified atom stereocenters. The standard InChI is InChI=1S/C43H25N3O2/c1-3-11-26(12-4-1)41-44-42(27-13-5-2-6-14-27)46-43(45-41)35-24-23-31(40-38(35)34-16-8-10-18-37(34)48-40)29-19-21-30-28(25-29)20-22-33-32-15-7-9-17-36(32)47-39(30)33/h1-25H. The van der Waals surface area contributed by atoms with Gasteiger partial charge in [-0.25, -0.2) is 15.0 Å². The molecule has 0 radical (unpaired) electrons. The van der Waals surface area contributed by atoms with Crippen LogP contribution in [-0.4, -0.2) is 15.0 Å². The van der Waals surface area contributed by atoms with Crippen LogP contribution < -0.4 is 0 Å². The Hall–Kier alpha value is -6.59. The van der Waals surface area contributed by atoms with Crippen LogP contribution in [0.4, 0.5) is 0 Å². The summed E-state index contributed by atoms with van der Waals surface area (Å²) in [4.78, 5) is 15.0. The third-order valence-electron chi connectivity index (χ3n) is 9.14. The number of fused-ring (bicyclic) bond motifs is 8. The van der Waals surface area contributed by atoms with E-state index < -0.39 is 0 Å². The van der Waals surface area contributed by atoms with Gasteiger partial charge in [-0.1, -0.05) is 109 Å². The maximum absolute atomic E-state index is 6.66. The summed E-state index contributed by atoms with van der Waals surface area (Å²) in [7, 11) is 0. The summed E-state index contributed by atoms with van der Waals surface area (Å²) in [5, 5.41) is 6.42. The summed E-state index contributed by atoms with van der Waals surface area (Å²) in [6.07, 6.45) is 0. The molecule has 3 aromatic heterocycles. The Kier molecular flexibility index (Phi) is 5.81. The number of hydrogen-bond acceptors (Lipinski definition) is 5. The molecular weight excluding hydrogens is 590 g/mol. The Balaban J connectivity index is 1.20. The van der Waals surface area contributed by atoms with E-state index in [-0.39, 0.29) is 0 Å². The normalized spacial score (nSPS) is 11.8. The lowest BCUT2D eigenvalue weighted by atomic mass is 9.96. The van der Waals surface area contributed by atoms with Crippen LogP contribution in [0.1, 0.15) is 0 Å². The average molecular weight is 616 g/mol. The largest absolute Gasteiger partial charge is 0.455 e. The Bertz CT molecular complexity index is 2780. The topological polar surface area (TPSA) is 65.0 Å². The van der Waals surface area contributed by atoms with Crippen LogP contribution >= 0.6 is 0 Å². The van der Waals surface area contributed by atoms with Gasteiger partial charge in [0.1, 0.15) is 22.3 Å². The van der Waals surface area contributed by atoms with Crippen molar-refractivity contribution < 1.29 is 8.83 Å². The Labute approximate surface area is 274 Å². The lowest BCUT2D eigenvalue weighted by Crippen LogP contribution is -2.00. The van der Waals surface area contributed by atoms with Gasteiger partial charge in [0.25, 0.3) is 0 Å². The van der Waals surface area contributed by atoms with Crippen molar-refractivity contribution in [3.8, 4) is 45.3 Å². The van der Waals surface area contributed by atoms with Gasteiger partial charge in [0.15, 0.2) is 17.5 Å². The number of aromatic nitrogens is 3. The maximum atomic E-state index is 6.66. The minimum absolute atomic E-state index is 0.594. The minimum atomic E-state index is 0.594. The highest BCUT2D eigenvalue weighted by Crippen LogP contribution is 2.43. The minimum Gasteiger partial charge on any atom is -0.455 e. The first-order valence-electron chi connectivity index (χ1n) is 15.9. The molecular formula is C43H25N3O2. The second kappa shape index (κ2) is 10.5. The SMILES string of the molecule is c1ccc(-c2nc(-c3ccccc3)nc(-c3ccc(-c4ccc5c(ccc6c7ccccc7oc56)c4)c4oc5ccccc5c34)n2)cc1. The smallest absolute Gasteiger partial charge is 0.164 e. The summed E-state index contributed by atoms with van der Waals surface area (Å²) in [6.45, 7) is 0. The monoisotopic (exact) mass is 615 g/mol. The van der Waals surface area contributed by atoms with E-state index >= 15 is 0 Å². The van der Waals surface area contributed by atoms with Gasteiger partial charge < -0.3 is 8.83 Å². The second-order valence-corrected chi connectivity index (χ2v) is 12.0. The predicted molar refractivity (Wildman–Crippen MR) is 194 cm³/mol. The van der Waals surface area contributed by atoms with E-state index in [1.807, 2.05) is 91.0 Å². The Morgan fingerprint density at radius 1 is 0.354 bits per heavy atom. The number of hydrogen-bond donors (Lipinski definition) is 0. The molecule has 0 atom stereocenters. The molecule has 10 aromatic rings. The zero-order valence-electron chi connectivity index (χ0n) is 25.6.